The van der Waals surface area contributed by atoms with E-state index in [2.05, 4.69) is 29.8 Å². The number of hydrogen-bond donors (Lipinski definition) is 1. The van der Waals surface area contributed by atoms with Crippen molar-refractivity contribution in [2.75, 3.05) is 0 Å². The lowest BCUT2D eigenvalue weighted by Gasteiger charge is -2.41. The highest BCUT2D eigenvalue weighted by molar-refractivity contribution is 9.10. The molecule has 1 aliphatic heterocycles. The number of hydrogen-bond acceptors (Lipinski definition) is 2. The van der Waals surface area contributed by atoms with Crippen LogP contribution < -0.4 is 4.74 Å². The molecule has 20 heavy (non-hydrogen) atoms. The van der Waals surface area contributed by atoms with Crippen LogP contribution in [-0.2, 0) is 0 Å². The summed E-state index contributed by atoms with van der Waals surface area (Å²) in [5.74, 6) is 0.867. The van der Waals surface area contributed by atoms with Gasteiger partial charge in [-0.2, -0.15) is 0 Å². The SMILES string of the molecule is CC1(C)CCCC2(CC1)CC(O)c1cc(Br)ccc1O2. The second-order valence-electron chi connectivity index (χ2n) is 7.20. The number of aliphatic hydroxyl groups excluding tert-OH is 1. The Bertz CT molecular complexity index is 512. The van der Waals surface area contributed by atoms with Gasteiger partial charge in [0.25, 0.3) is 0 Å². The molecule has 0 saturated heterocycles. The van der Waals surface area contributed by atoms with E-state index in [0.717, 1.165) is 35.0 Å². The van der Waals surface area contributed by atoms with Gasteiger partial charge in [0.2, 0.25) is 0 Å². The van der Waals surface area contributed by atoms with Gasteiger partial charge in [-0.05, 0) is 55.7 Å². The van der Waals surface area contributed by atoms with Crippen molar-refractivity contribution in [1.29, 1.82) is 0 Å². The van der Waals surface area contributed by atoms with E-state index in [0.29, 0.717) is 5.41 Å². The molecule has 1 saturated carbocycles. The fourth-order valence-corrected chi connectivity index (χ4v) is 4.00. The maximum absolute atomic E-state index is 10.5. The van der Waals surface area contributed by atoms with E-state index >= 15 is 0 Å². The van der Waals surface area contributed by atoms with Gasteiger partial charge >= 0.3 is 0 Å². The van der Waals surface area contributed by atoms with Gasteiger partial charge < -0.3 is 9.84 Å². The van der Waals surface area contributed by atoms with Crippen molar-refractivity contribution >= 4 is 15.9 Å². The van der Waals surface area contributed by atoms with Gasteiger partial charge in [0.05, 0.1) is 6.10 Å². The summed E-state index contributed by atoms with van der Waals surface area (Å²) in [6, 6.07) is 5.96. The van der Waals surface area contributed by atoms with Gasteiger partial charge in [-0.25, -0.2) is 0 Å². The Morgan fingerprint density at radius 1 is 1.20 bits per heavy atom. The molecule has 1 heterocycles. The topological polar surface area (TPSA) is 29.5 Å². The zero-order valence-electron chi connectivity index (χ0n) is 12.3. The molecule has 0 bridgehead atoms. The summed E-state index contributed by atoms with van der Waals surface area (Å²) < 4.78 is 7.38. The number of fused-ring (bicyclic) bond motifs is 1. The Kier molecular flexibility index (Phi) is 3.62. The highest BCUT2D eigenvalue weighted by atomic mass is 79.9. The maximum Gasteiger partial charge on any atom is 0.126 e. The average Bonchev–Trinajstić information content (AvgIpc) is 2.51. The van der Waals surface area contributed by atoms with Gasteiger partial charge in [-0.15, -0.1) is 0 Å². The van der Waals surface area contributed by atoms with E-state index in [9.17, 15) is 5.11 Å². The van der Waals surface area contributed by atoms with Crippen molar-refractivity contribution in [2.24, 2.45) is 5.41 Å². The van der Waals surface area contributed by atoms with E-state index < -0.39 is 6.10 Å². The van der Waals surface area contributed by atoms with Crippen molar-refractivity contribution in [3.05, 3.63) is 28.2 Å². The zero-order valence-corrected chi connectivity index (χ0v) is 13.9. The molecule has 1 aromatic rings. The van der Waals surface area contributed by atoms with Crippen LogP contribution in [-0.4, -0.2) is 10.7 Å². The van der Waals surface area contributed by atoms with Crippen LogP contribution in [0.3, 0.4) is 0 Å². The summed E-state index contributed by atoms with van der Waals surface area (Å²) in [6.45, 7) is 4.69. The van der Waals surface area contributed by atoms with Crippen LogP contribution in [0.1, 0.15) is 64.0 Å². The summed E-state index contributed by atoms with van der Waals surface area (Å²) in [7, 11) is 0. The van der Waals surface area contributed by atoms with Gasteiger partial charge in [0, 0.05) is 16.5 Å². The second-order valence-corrected chi connectivity index (χ2v) is 8.12. The molecule has 1 spiro atoms. The van der Waals surface area contributed by atoms with Crippen molar-refractivity contribution < 1.29 is 9.84 Å². The predicted molar refractivity (Wildman–Crippen MR) is 83.9 cm³/mol. The molecule has 110 valence electrons. The molecule has 2 aliphatic rings. The number of halogens is 1. The molecule has 1 aliphatic carbocycles. The molecular formula is C17H23BrO2. The maximum atomic E-state index is 10.5. The van der Waals surface area contributed by atoms with Crippen LogP contribution >= 0.6 is 15.9 Å². The molecule has 0 aromatic heterocycles. The van der Waals surface area contributed by atoms with E-state index in [1.807, 2.05) is 18.2 Å². The van der Waals surface area contributed by atoms with Crippen LogP contribution in [0.25, 0.3) is 0 Å². The first-order valence-electron chi connectivity index (χ1n) is 7.56. The first-order valence-corrected chi connectivity index (χ1v) is 8.35. The van der Waals surface area contributed by atoms with Gasteiger partial charge in [-0.1, -0.05) is 29.8 Å². The number of aliphatic hydroxyl groups is 1. The first-order chi connectivity index (χ1) is 9.39. The van der Waals surface area contributed by atoms with Crippen LogP contribution in [0.2, 0.25) is 0 Å². The average molecular weight is 339 g/mol. The molecule has 1 N–H and O–H groups in total. The number of ether oxygens (including phenoxy) is 1. The normalized spacial score (nSPS) is 32.3. The van der Waals surface area contributed by atoms with E-state index in [-0.39, 0.29) is 5.60 Å². The Balaban J connectivity index is 1.88. The lowest BCUT2D eigenvalue weighted by atomic mass is 9.81. The fourth-order valence-electron chi connectivity index (χ4n) is 3.62. The Hall–Kier alpha value is -0.540. The summed E-state index contributed by atoms with van der Waals surface area (Å²) in [4.78, 5) is 0. The minimum atomic E-state index is -0.405. The monoisotopic (exact) mass is 338 g/mol. The van der Waals surface area contributed by atoms with E-state index in [1.54, 1.807) is 0 Å². The molecule has 1 aromatic carbocycles. The van der Waals surface area contributed by atoms with E-state index in [1.165, 1.54) is 19.3 Å². The van der Waals surface area contributed by atoms with Gasteiger partial charge in [0.15, 0.2) is 0 Å². The molecule has 2 nitrogen and oxygen atoms in total. The summed E-state index contributed by atoms with van der Waals surface area (Å²) in [5, 5.41) is 10.5. The van der Waals surface area contributed by atoms with Gasteiger partial charge in [-0.3, -0.25) is 0 Å². The smallest absolute Gasteiger partial charge is 0.126 e. The fraction of sp³-hybridized carbons (Fsp3) is 0.647. The van der Waals surface area contributed by atoms with E-state index in [4.69, 9.17) is 4.74 Å². The third kappa shape index (κ3) is 2.75. The molecule has 2 atom stereocenters. The first kappa shape index (κ1) is 14.4. The molecule has 3 rings (SSSR count). The minimum absolute atomic E-state index is 0.159. The quantitative estimate of drug-likeness (QED) is 0.721. The highest BCUT2D eigenvalue weighted by Crippen LogP contribution is 2.48. The molecule has 0 amide bonds. The third-order valence-corrected chi connectivity index (χ3v) is 5.46. The summed E-state index contributed by atoms with van der Waals surface area (Å²) in [5.41, 5.74) is 1.17. The zero-order chi connectivity index (χ0) is 14.4. The van der Waals surface area contributed by atoms with Crippen LogP contribution in [0, 0.1) is 5.41 Å². The lowest BCUT2D eigenvalue weighted by Crippen LogP contribution is -2.40. The molecular weight excluding hydrogens is 316 g/mol. The lowest BCUT2D eigenvalue weighted by molar-refractivity contribution is -0.0260. The minimum Gasteiger partial charge on any atom is -0.487 e. The largest absolute Gasteiger partial charge is 0.487 e. The Morgan fingerprint density at radius 3 is 2.80 bits per heavy atom. The standard InChI is InChI=1S/C17H23BrO2/c1-16(2)6-3-7-17(9-8-16)11-14(19)13-10-12(18)4-5-15(13)20-17/h4-5,10,14,19H,3,6-9,11H2,1-2H3. The Labute approximate surface area is 129 Å². The Morgan fingerprint density at radius 2 is 2.00 bits per heavy atom. The van der Waals surface area contributed by atoms with Crippen molar-refractivity contribution in [3.8, 4) is 5.75 Å². The molecule has 3 heteroatoms. The predicted octanol–water partition coefficient (Wildman–Crippen LogP) is 4.99. The summed E-state index contributed by atoms with van der Waals surface area (Å²) >= 11 is 3.47. The van der Waals surface area contributed by atoms with Crippen LogP contribution in [0.5, 0.6) is 5.75 Å². The molecule has 1 fully saturated rings. The molecule has 0 radical (unpaired) electrons. The van der Waals surface area contributed by atoms with Crippen molar-refractivity contribution in [3.63, 3.8) is 0 Å². The third-order valence-electron chi connectivity index (χ3n) is 4.97. The second kappa shape index (κ2) is 5.03. The highest BCUT2D eigenvalue weighted by Gasteiger charge is 2.42. The van der Waals surface area contributed by atoms with Gasteiger partial charge in [0.1, 0.15) is 11.4 Å². The molecule has 2 unspecified atom stereocenters. The van der Waals surface area contributed by atoms with Crippen LogP contribution in [0.15, 0.2) is 22.7 Å². The number of benzene rings is 1. The van der Waals surface area contributed by atoms with Crippen molar-refractivity contribution in [1.82, 2.24) is 0 Å². The number of rotatable bonds is 0. The van der Waals surface area contributed by atoms with Crippen molar-refractivity contribution in [2.45, 2.75) is 64.1 Å². The van der Waals surface area contributed by atoms with Crippen LogP contribution in [0.4, 0.5) is 0 Å². The summed E-state index contributed by atoms with van der Waals surface area (Å²) in [6.07, 6.45) is 6.04.